The van der Waals surface area contributed by atoms with Crippen LogP contribution in [-0.4, -0.2) is 35.8 Å². The fourth-order valence-electron chi connectivity index (χ4n) is 1.38. The van der Waals surface area contributed by atoms with Gasteiger partial charge in [0.05, 0.1) is 5.69 Å². The number of hydrogen-bond donors (Lipinski definition) is 2. The molecule has 15 heavy (non-hydrogen) atoms. The Morgan fingerprint density at radius 3 is 2.80 bits per heavy atom. The lowest BCUT2D eigenvalue weighted by Crippen LogP contribution is -2.28. The summed E-state index contributed by atoms with van der Waals surface area (Å²) in [6.45, 7) is 3.46. The first kappa shape index (κ1) is 11.7. The number of carbonyl (C=O) groups excluding carboxylic acids is 1. The van der Waals surface area contributed by atoms with Crippen LogP contribution in [0.15, 0.2) is 6.07 Å². The van der Waals surface area contributed by atoms with Crippen LogP contribution in [0.25, 0.3) is 0 Å². The zero-order valence-electron chi connectivity index (χ0n) is 9.50. The quantitative estimate of drug-likeness (QED) is 0.676. The van der Waals surface area contributed by atoms with E-state index in [1.54, 1.807) is 17.8 Å². The van der Waals surface area contributed by atoms with Gasteiger partial charge in [0, 0.05) is 13.6 Å². The summed E-state index contributed by atoms with van der Waals surface area (Å²) in [5.74, 6) is -0.0609. The van der Waals surface area contributed by atoms with Crippen molar-refractivity contribution < 1.29 is 4.79 Å². The maximum absolute atomic E-state index is 11.6. The van der Waals surface area contributed by atoms with Gasteiger partial charge in [-0.1, -0.05) is 0 Å². The molecule has 0 fully saturated rings. The standard InChI is InChI=1S/C10H18N4O/c1-8-7-9(14(3)13-8)10(15)12-6-4-5-11-2/h7,11H,4-6H2,1-3H3,(H,12,15). The van der Waals surface area contributed by atoms with Crippen LogP contribution in [0.2, 0.25) is 0 Å². The van der Waals surface area contributed by atoms with E-state index >= 15 is 0 Å². The number of rotatable bonds is 5. The normalized spacial score (nSPS) is 10.3. The molecule has 1 aromatic rings. The van der Waals surface area contributed by atoms with Crippen LogP contribution >= 0.6 is 0 Å². The fraction of sp³-hybridized carbons (Fsp3) is 0.600. The van der Waals surface area contributed by atoms with Crippen LogP contribution in [0.5, 0.6) is 0 Å². The number of hydrogen-bond acceptors (Lipinski definition) is 3. The highest BCUT2D eigenvalue weighted by Crippen LogP contribution is 2.00. The first-order valence-electron chi connectivity index (χ1n) is 5.08. The largest absolute Gasteiger partial charge is 0.351 e. The maximum Gasteiger partial charge on any atom is 0.269 e. The molecule has 0 radical (unpaired) electrons. The molecule has 1 aromatic heterocycles. The Labute approximate surface area is 89.9 Å². The number of nitrogens with one attached hydrogen (secondary N) is 2. The molecule has 0 spiro atoms. The van der Waals surface area contributed by atoms with E-state index in [4.69, 9.17) is 0 Å². The molecule has 0 aliphatic heterocycles. The Morgan fingerprint density at radius 2 is 2.27 bits per heavy atom. The molecule has 0 saturated carbocycles. The molecule has 1 rings (SSSR count). The smallest absolute Gasteiger partial charge is 0.269 e. The molecular weight excluding hydrogens is 192 g/mol. The van der Waals surface area contributed by atoms with Gasteiger partial charge in [0.1, 0.15) is 5.69 Å². The lowest BCUT2D eigenvalue weighted by atomic mass is 10.3. The molecule has 1 amide bonds. The van der Waals surface area contributed by atoms with E-state index in [1.165, 1.54) is 0 Å². The SMILES string of the molecule is CNCCCNC(=O)c1cc(C)nn1C. The van der Waals surface area contributed by atoms with Gasteiger partial charge in [-0.3, -0.25) is 9.48 Å². The molecule has 0 aromatic carbocycles. The van der Waals surface area contributed by atoms with E-state index in [2.05, 4.69) is 15.7 Å². The molecule has 0 aliphatic rings. The summed E-state index contributed by atoms with van der Waals surface area (Å²) >= 11 is 0. The minimum Gasteiger partial charge on any atom is -0.351 e. The number of aromatic nitrogens is 2. The van der Waals surface area contributed by atoms with Crippen molar-refractivity contribution >= 4 is 5.91 Å². The molecular formula is C10H18N4O. The fourth-order valence-corrected chi connectivity index (χ4v) is 1.38. The molecule has 1 heterocycles. The molecule has 0 bridgehead atoms. The van der Waals surface area contributed by atoms with Crippen LogP contribution in [-0.2, 0) is 7.05 Å². The Balaban J connectivity index is 2.43. The van der Waals surface area contributed by atoms with Crippen molar-refractivity contribution in [1.29, 1.82) is 0 Å². The van der Waals surface area contributed by atoms with Crippen molar-refractivity contribution in [3.05, 3.63) is 17.5 Å². The summed E-state index contributed by atoms with van der Waals surface area (Å²) in [7, 11) is 3.67. The number of amides is 1. The summed E-state index contributed by atoms with van der Waals surface area (Å²) in [6, 6.07) is 1.79. The summed E-state index contributed by atoms with van der Waals surface area (Å²) in [5.41, 5.74) is 1.47. The van der Waals surface area contributed by atoms with E-state index < -0.39 is 0 Å². The highest BCUT2D eigenvalue weighted by atomic mass is 16.2. The van der Waals surface area contributed by atoms with Gasteiger partial charge >= 0.3 is 0 Å². The van der Waals surface area contributed by atoms with Crippen LogP contribution < -0.4 is 10.6 Å². The predicted octanol–water partition coefficient (Wildman–Crippen LogP) is 0.0678. The zero-order chi connectivity index (χ0) is 11.3. The summed E-state index contributed by atoms with van der Waals surface area (Å²) in [4.78, 5) is 11.6. The average molecular weight is 210 g/mol. The van der Waals surface area contributed by atoms with Gasteiger partial charge < -0.3 is 10.6 Å². The van der Waals surface area contributed by atoms with E-state index in [1.807, 2.05) is 14.0 Å². The Morgan fingerprint density at radius 1 is 1.53 bits per heavy atom. The van der Waals surface area contributed by atoms with Crippen molar-refractivity contribution in [2.75, 3.05) is 20.1 Å². The first-order valence-corrected chi connectivity index (χ1v) is 5.08. The predicted molar refractivity (Wildman–Crippen MR) is 58.8 cm³/mol. The van der Waals surface area contributed by atoms with E-state index in [0.717, 1.165) is 18.7 Å². The van der Waals surface area contributed by atoms with Crippen molar-refractivity contribution in [2.45, 2.75) is 13.3 Å². The minimum atomic E-state index is -0.0609. The number of aryl methyl sites for hydroxylation is 2. The van der Waals surface area contributed by atoms with Gasteiger partial charge in [0.2, 0.25) is 0 Å². The molecule has 0 aliphatic carbocycles. The topological polar surface area (TPSA) is 58.9 Å². The molecule has 5 nitrogen and oxygen atoms in total. The summed E-state index contributed by atoms with van der Waals surface area (Å²) < 4.78 is 1.60. The second kappa shape index (κ2) is 5.50. The maximum atomic E-state index is 11.6. The van der Waals surface area contributed by atoms with Crippen molar-refractivity contribution in [2.24, 2.45) is 7.05 Å². The van der Waals surface area contributed by atoms with Crippen LogP contribution in [0, 0.1) is 6.92 Å². The Hall–Kier alpha value is -1.36. The lowest BCUT2D eigenvalue weighted by molar-refractivity contribution is 0.0944. The highest BCUT2D eigenvalue weighted by molar-refractivity contribution is 5.92. The van der Waals surface area contributed by atoms with E-state index in [0.29, 0.717) is 12.2 Å². The van der Waals surface area contributed by atoms with Gasteiger partial charge in [-0.05, 0) is 33.0 Å². The number of carbonyl (C=O) groups is 1. The van der Waals surface area contributed by atoms with Crippen molar-refractivity contribution in [3.8, 4) is 0 Å². The molecule has 0 saturated heterocycles. The van der Waals surface area contributed by atoms with Crippen LogP contribution in [0.4, 0.5) is 0 Å². The van der Waals surface area contributed by atoms with Gasteiger partial charge in [-0.15, -0.1) is 0 Å². The Bertz CT molecular complexity index is 332. The van der Waals surface area contributed by atoms with Gasteiger partial charge in [-0.2, -0.15) is 5.10 Å². The van der Waals surface area contributed by atoms with Crippen molar-refractivity contribution in [1.82, 2.24) is 20.4 Å². The second-order valence-corrected chi connectivity index (χ2v) is 3.51. The lowest BCUT2D eigenvalue weighted by Gasteiger charge is -2.04. The first-order chi connectivity index (χ1) is 7.15. The molecule has 0 atom stereocenters. The van der Waals surface area contributed by atoms with E-state index in [-0.39, 0.29) is 5.91 Å². The highest BCUT2D eigenvalue weighted by Gasteiger charge is 2.10. The molecule has 5 heteroatoms. The summed E-state index contributed by atoms with van der Waals surface area (Å²) in [5, 5.41) is 10.00. The molecule has 0 unspecified atom stereocenters. The summed E-state index contributed by atoms with van der Waals surface area (Å²) in [6.07, 6.45) is 0.930. The van der Waals surface area contributed by atoms with Gasteiger partial charge in [0.15, 0.2) is 0 Å². The van der Waals surface area contributed by atoms with E-state index in [9.17, 15) is 4.79 Å². The minimum absolute atomic E-state index is 0.0609. The second-order valence-electron chi connectivity index (χ2n) is 3.51. The van der Waals surface area contributed by atoms with Crippen LogP contribution in [0.3, 0.4) is 0 Å². The average Bonchev–Trinajstić information content (AvgIpc) is 2.52. The molecule has 2 N–H and O–H groups in total. The third-order valence-electron chi connectivity index (χ3n) is 2.12. The number of nitrogens with zero attached hydrogens (tertiary/aromatic N) is 2. The third kappa shape index (κ3) is 3.36. The molecule has 84 valence electrons. The third-order valence-corrected chi connectivity index (χ3v) is 2.12. The van der Waals surface area contributed by atoms with Crippen molar-refractivity contribution in [3.63, 3.8) is 0 Å². The van der Waals surface area contributed by atoms with Crippen LogP contribution in [0.1, 0.15) is 22.6 Å². The monoisotopic (exact) mass is 210 g/mol. The van der Waals surface area contributed by atoms with Gasteiger partial charge in [-0.25, -0.2) is 0 Å². The Kier molecular flexibility index (Phi) is 4.30. The zero-order valence-corrected chi connectivity index (χ0v) is 9.50. The van der Waals surface area contributed by atoms with Gasteiger partial charge in [0.25, 0.3) is 5.91 Å².